The lowest BCUT2D eigenvalue weighted by atomic mass is 10.1. The van der Waals surface area contributed by atoms with Gasteiger partial charge in [0.25, 0.3) is 0 Å². The quantitative estimate of drug-likeness (QED) is 0.822. The van der Waals surface area contributed by atoms with E-state index in [4.69, 9.17) is 10.7 Å². The largest absolute Gasteiger partial charge is 0.402 e. The molecule has 0 spiro atoms. The predicted molar refractivity (Wildman–Crippen MR) is 103 cm³/mol. The molecule has 0 saturated heterocycles. The smallest absolute Gasteiger partial charge is 0.163 e. The van der Waals surface area contributed by atoms with Crippen LogP contribution in [0.1, 0.15) is 31.2 Å². The normalized spacial score (nSPS) is 16.1. The Morgan fingerprint density at radius 3 is 2.76 bits per heavy atom. The molecule has 0 radical (unpaired) electrons. The van der Waals surface area contributed by atoms with Gasteiger partial charge in [-0.15, -0.1) is 10.2 Å². The summed E-state index contributed by atoms with van der Waals surface area (Å²) in [7, 11) is 2.06. The second-order valence-corrected chi connectivity index (χ2v) is 6.79. The molecule has 2 aromatic heterocycles. The van der Waals surface area contributed by atoms with Crippen molar-refractivity contribution in [3.05, 3.63) is 47.6 Å². The van der Waals surface area contributed by atoms with Gasteiger partial charge in [-0.3, -0.25) is 9.39 Å². The van der Waals surface area contributed by atoms with Crippen LogP contribution in [-0.4, -0.2) is 39.9 Å². The lowest BCUT2D eigenvalue weighted by Gasteiger charge is -2.23. The number of nitrogens with two attached hydrogens (primary N) is 1. The number of fused-ring (bicyclic) bond motifs is 1. The molecule has 0 aromatic carbocycles. The number of aliphatic imine (C=N–C) groups is 1. The van der Waals surface area contributed by atoms with Crippen molar-refractivity contribution >= 4 is 17.0 Å². The van der Waals surface area contributed by atoms with Crippen molar-refractivity contribution in [1.82, 2.24) is 14.6 Å². The molecule has 0 bridgehead atoms. The van der Waals surface area contributed by atoms with E-state index in [1.165, 1.54) is 0 Å². The van der Waals surface area contributed by atoms with Gasteiger partial charge >= 0.3 is 0 Å². The molecule has 0 amide bonds. The van der Waals surface area contributed by atoms with E-state index < -0.39 is 0 Å². The van der Waals surface area contributed by atoms with Crippen molar-refractivity contribution in [2.45, 2.75) is 39.7 Å². The minimum Gasteiger partial charge on any atom is -0.402 e. The number of pyridine rings is 1. The van der Waals surface area contributed by atoms with Gasteiger partial charge in [0.2, 0.25) is 0 Å². The summed E-state index contributed by atoms with van der Waals surface area (Å²) in [6, 6.07) is 2.56. The monoisotopic (exact) mass is 338 g/mol. The molecular formula is C19H26N6. The van der Waals surface area contributed by atoms with Gasteiger partial charge in [-0.25, -0.2) is 0 Å². The fourth-order valence-corrected chi connectivity index (χ4v) is 2.85. The first-order valence-corrected chi connectivity index (χ1v) is 8.59. The van der Waals surface area contributed by atoms with Crippen molar-refractivity contribution in [3.63, 3.8) is 0 Å². The maximum absolute atomic E-state index is 6.16. The average molecular weight is 338 g/mol. The Morgan fingerprint density at radius 1 is 1.44 bits per heavy atom. The van der Waals surface area contributed by atoms with E-state index in [9.17, 15) is 0 Å². The summed E-state index contributed by atoms with van der Waals surface area (Å²) in [4.78, 5) is 6.93. The second kappa shape index (κ2) is 6.70. The Bertz CT molecular complexity index is 865. The van der Waals surface area contributed by atoms with E-state index in [1.807, 2.05) is 24.3 Å². The standard InChI is InChI=1S/C19H26N6/c1-6-18(21-15-7-8-15)17(13(3)20)11-24(5)16-9-12(2)19-23-22-14(4)25(19)10-16/h6,9-10,15H,1,7-8,11,20H2,2-5H3. The summed E-state index contributed by atoms with van der Waals surface area (Å²) >= 11 is 0. The average Bonchev–Trinajstić information content (AvgIpc) is 3.32. The zero-order valence-electron chi connectivity index (χ0n) is 15.5. The number of hydrogen-bond donors (Lipinski definition) is 1. The lowest BCUT2D eigenvalue weighted by molar-refractivity contribution is 0.958. The van der Waals surface area contributed by atoms with Gasteiger partial charge in [-0.05, 0) is 51.3 Å². The lowest BCUT2D eigenvalue weighted by Crippen LogP contribution is -2.26. The van der Waals surface area contributed by atoms with Crippen LogP contribution >= 0.6 is 0 Å². The summed E-state index contributed by atoms with van der Waals surface area (Å²) in [5.74, 6) is 0.876. The molecule has 2 heterocycles. The fraction of sp³-hybridized carbons (Fsp3) is 0.421. The molecule has 0 aliphatic heterocycles. The third-order valence-corrected chi connectivity index (χ3v) is 4.53. The molecule has 1 fully saturated rings. The first kappa shape index (κ1) is 17.2. The molecule has 2 aromatic rings. The first-order chi connectivity index (χ1) is 11.9. The molecule has 2 N–H and O–H groups in total. The summed E-state index contributed by atoms with van der Waals surface area (Å²) in [5.41, 5.74) is 12.0. The Hall–Kier alpha value is -2.63. The topological polar surface area (TPSA) is 71.8 Å². The van der Waals surface area contributed by atoms with Crippen LogP contribution in [0.3, 0.4) is 0 Å². The molecule has 1 saturated carbocycles. The van der Waals surface area contributed by atoms with Crippen molar-refractivity contribution < 1.29 is 0 Å². The van der Waals surface area contributed by atoms with Crippen molar-refractivity contribution in [1.29, 1.82) is 0 Å². The number of hydrogen-bond acceptors (Lipinski definition) is 5. The Balaban J connectivity index is 1.91. The summed E-state index contributed by atoms with van der Waals surface area (Å²) < 4.78 is 2.02. The Morgan fingerprint density at radius 2 is 2.16 bits per heavy atom. The predicted octanol–water partition coefficient (Wildman–Crippen LogP) is 2.80. The van der Waals surface area contributed by atoms with Crippen LogP contribution in [-0.2, 0) is 0 Å². The molecule has 3 rings (SSSR count). The number of likely N-dealkylation sites (N-methyl/N-ethyl adjacent to an activating group) is 1. The van der Waals surface area contributed by atoms with Crippen LogP contribution in [0.25, 0.3) is 5.65 Å². The van der Waals surface area contributed by atoms with Crippen LogP contribution < -0.4 is 10.6 Å². The number of anilines is 1. The van der Waals surface area contributed by atoms with Gasteiger partial charge in [0.15, 0.2) is 5.65 Å². The van der Waals surface area contributed by atoms with Gasteiger partial charge in [-0.2, -0.15) is 0 Å². The molecule has 0 atom stereocenters. The molecule has 6 heteroatoms. The maximum atomic E-state index is 6.16. The molecule has 6 nitrogen and oxygen atoms in total. The zero-order chi connectivity index (χ0) is 18.1. The SMILES string of the molecule is C=CC(=NC1CC1)C(CN(C)c1cc(C)c2nnc(C)n2c1)=C(C)N. The maximum Gasteiger partial charge on any atom is 0.163 e. The van der Waals surface area contributed by atoms with E-state index in [1.54, 1.807) is 0 Å². The van der Waals surface area contributed by atoms with Gasteiger partial charge < -0.3 is 10.6 Å². The highest BCUT2D eigenvalue weighted by Gasteiger charge is 2.22. The van der Waals surface area contributed by atoms with E-state index >= 15 is 0 Å². The fourth-order valence-electron chi connectivity index (χ4n) is 2.85. The highest BCUT2D eigenvalue weighted by molar-refractivity contribution is 6.09. The zero-order valence-corrected chi connectivity index (χ0v) is 15.5. The summed E-state index contributed by atoms with van der Waals surface area (Å²) in [5, 5.41) is 8.38. The van der Waals surface area contributed by atoms with Crippen LogP contribution in [0, 0.1) is 13.8 Å². The van der Waals surface area contributed by atoms with E-state index in [2.05, 4.69) is 47.9 Å². The molecule has 0 unspecified atom stereocenters. The highest BCUT2D eigenvalue weighted by Crippen LogP contribution is 2.26. The van der Waals surface area contributed by atoms with Crippen molar-refractivity contribution in [2.75, 3.05) is 18.5 Å². The van der Waals surface area contributed by atoms with Gasteiger partial charge in [0.1, 0.15) is 5.82 Å². The van der Waals surface area contributed by atoms with Gasteiger partial charge in [-0.1, -0.05) is 6.58 Å². The van der Waals surface area contributed by atoms with E-state index in [0.717, 1.165) is 52.5 Å². The van der Waals surface area contributed by atoms with E-state index in [-0.39, 0.29) is 0 Å². The van der Waals surface area contributed by atoms with Crippen LogP contribution in [0.5, 0.6) is 0 Å². The Labute approximate surface area is 148 Å². The molecule has 132 valence electrons. The first-order valence-electron chi connectivity index (χ1n) is 8.59. The number of allylic oxidation sites excluding steroid dienone is 2. The number of aromatic nitrogens is 3. The molecule has 1 aliphatic rings. The molecular weight excluding hydrogens is 312 g/mol. The Kier molecular flexibility index (Phi) is 4.61. The molecule has 1 aliphatic carbocycles. The highest BCUT2D eigenvalue weighted by atomic mass is 15.2. The van der Waals surface area contributed by atoms with Crippen LogP contribution in [0.4, 0.5) is 5.69 Å². The number of aryl methyl sites for hydroxylation is 2. The third-order valence-electron chi connectivity index (χ3n) is 4.53. The second-order valence-electron chi connectivity index (χ2n) is 6.79. The minimum atomic E-state index is 0.436. The summed E-state index contributed by atoms with van der Waals surface area (Å²) in [6.07, 6.45) is 6.20. The molecule has 25 heavy (non-hydrogen) atoms. The van der Waals surface area contributed by atoms with Crippen molar-refractivity contribution in [2.24, 2.45) is 10.7 Å². The third kappa shape index (κ3) is 3.57. The number of rotatable bonds is 6. The van der Waals surface area contributed by atoms with Gasteiger partial charge in [0, 0.05) is 31.1 Å². The number of nitrogens with zero attached hydrogens (tertiary/aromatic N) is 5. The minimum absolute atomic E-state index is 0.436. The van der Waals surface area contributed by atoms with E-state index in [0.29, 0.717) is 12.6 Å². The summed E-state index contributed by atoms with van der Waals surface area (Å²) in [6.45, 7) is 10.5. The van der Waals surface area contributed by atoms with Crippen molar-refractivity contribution in [3.8, 4) is 0 Å². The van der Waals surface area contributed by atoms with Crippen LogP contribution in [0.15, 0.2) is 41.2 Å². The van der Waals surface area contributed by atoms with Gasteiger partial charge in [0.05, 0.1) is 17.4 Å². The van der Waals surface area contributed by atoms with Crippen LogP contribution in [0.2, 0.25) is 0 Å².